The van der Waals surface area contributed by atoms with Crippen LogP contribution in [0.2, 0.25) is 0 Å². The molecule has 0 saturated heterocycles. The number of amides is 1. The van der Waals surface area contributed by atoms with Gasteiger partial charge in [0.15, 0.2) is 0 Å². The van der Waals surface area contributed by atoms with E-state index in [0.717, 1.165) is 11.4 Å². The second-order valence-corrected chi connectivity index (χ2v) is 5.72. The summed E-state index contributed by atoms with van der Waals surface area (Å²) in [5.41, 5.74) is 2.61. The highest BCUT2D eigenvalue weighted by molar-refractivity contribution is 6.06. The fourth-order valence-electron chi connectivity index (χ4n) is 2.75. The van der Waals surface area contributed by atoms with Crippen molar-refractivity contribution in [3.8, 4) is 5.82 Å². The van der Waals surface area contributed by atoms with Gasteiger partial charge in [0.05, 0.1) is 11.1 Å². The van der Waals surface area contributed by atoms with Crippen molar-refractivity contribution in [3.05, 3.63) is 69.7 Å². The molecule has 3 aromatic rings. The van der Waals surface area contributed by atoms with E-state index in [2.05, 4.69) is 10.4 Å². The smallest absolute Gasteiger partial charge is 0.271 e. The van der Waals surface area contributed by atoms with E-state index >= 15 is 0 Å². The minimum atomic E-state index is -0.502. The molecule has 1 N–H and O–H groups in total. The number of anilines is 1. The number of benzene rings is 1. The van der Waals surface area contributed by atoms with Crippen LogP contribution in [0.15, 0.2) is 42.6 Å². The van der Waals surface area contributed by atoms with Gasteiger partial charge >= 0.3 is 0 Å². The van der Waals surface area contributed by atoms with E-state index in [9.17, 15) is 14.9 Å². The van der Waals surface area contributed by atoms with Crippen molar-refractivity contribution in [1.82, 2.24) is 14.3 Å². The van der Waals surface area contributed by atoms with Gasteiger partial charge in [-0.3, -0.25) is 19.6 Å². The number of carbonyl (C=O) groups excluding carboxylic acids is 1. The third-order valence-corrected chi connectivity index (χ3v) is 3.95. The topological polar surface area (TPSA) is 95.0 Å². The van der Waals surface area contributed by atoms with Crippen LogP contribution >= 0.6 is 0 Å². The quantitative estimate of drug-likeness (QED) is 0.584. The van der Waals surface area contributed by atoms with Crippen LogP contribution in [0.3, 0.4) is 0 Å². The molecule has 0 aliphatic rings. The normalized spacial score (nSPS) is 10.7. The van der Waals surface area contributed by atoms with E-state index in [1.54, 1.807) is 17.8 Å². The van der Waals surface area contributed by atoms with Crippen molar-refractivity contribution in [3.63, 3.8) is 0 Å². The Bertz CT molecular complexity index is 951. The molecule has 3 rings (SSSR count). The number of carbonyl (C=O) groups is 1. The Morgan fingerprint density at radius 3 is 2.52 bits per heavy atom. The van der Waals surface area contributed by atoms with E-state index in [4.69, 9.17) is 0 Å². The summed E-state index contributed by atoms with van der Waals surface area (Å²) >= 11 is 0. The summed E-state index contributed by atoms with van der Waals surface area (Å²) in [5.74, 6) is 0.263. The van der Waals surface area contributed by atoms with Crippen LogP contribution in [-0.4, -0.2) is 25.2 Å². The van der Waals surface area contributed by atoms with Crippen molar-refractivity contribution >= 4 is 17.3 Å². The number of nitrogens with zero attached hydrogens (tertiary/aromatic N) is 4. The zero-order valence-electron chi connectivity index (χ0n) is 14.1. The first-order valence-corrected chi connectivity index (χ1v) is 7.61. The number of nitro groups is 1. The van der Waals surface area contributed by atoms with Gasteiger partial charge in [-0.2, -0.15) is 5.10 Å². The Morgan fingerprint density at radius 1 is 1.20 bits per heavy atom. The van der Waals surface area contributed by atoms with E-state index in [-0.39, 0.29) is 11.6 Å². The molecule has 2 heterocycles. The molecule has 128 valence electrons. The summed E-state index contributed by atoms with van der Waals surface area (Å²) in [5, 5.41) is 17.8. The maximum atomic E-state index is 12.7. The van der Waals surface area contributed by atoms with Gasteiger partial charge in [0.2, 0.25) is 0 Å². The highest BCUT2D eigenvalue weighted by atomic mass is 16.6. The third kappa shape index (κ3) is 3.01. The van der Waals surface area contributed by atoms with Crippen LogP contribution in [0.5, 0.6) is 0 Å². The molecule has 1 aromatic carbocycles. The summed E-state index contributed by atoms with van der Waals surface area (Å²) in [4.78, 5) is 23.1. The van der Waals surface area contributed by atoms with Gasteiger partial charge in [-0.05, 0) is 32.0 Å². The molecule has 8 heteroatoms. The maximum Gasteiger partial charge on any atom is 0.271 e. The number of hydrogen-bond donors (Lipinski definition) is 1. The van der Waals surface area contributed by atoms with Crippen LogP contribution < -0.4 is 5.32 Å². The summed E-state index contributed by atoms with van der Waals surface area (Å²) in [6, 6.07) is 9.75. The van der Waals surface area contributed by atoms with Crippen LogP contribution in [0.25, 0.3) is 5.82 Å². The second-order valence-electron chi connectivity index (χ2n) is 5.72. The molecule has 0 aliphatic carbocycles. The van der Waals surface area contributed by atoms with Crippen LogP contribution in [0.1, 0.15) is 21.7 Å². The molecular weight excluding hydrogens is 322 g/mol. The van der Waals surface area contributed by atoms with E-state index in [1.807, 2.05) is 30.5 Å². The fourth-order valence-corrected chi connectivity index (χ4v) is 2.75. The molecular formula is C17H17N5O3. The Balaban J connectivity index is 1.97. The Labute approximate surface area is 143 Å². The molecule has 1 amide bonds. The lowest BCUT2D eigenvalue weighted by Gasteiger charge is -2.12. The lowest BCUT2D eigenvalue weighted by atomic mass is 10.2. The van der Waals surface area contributed by atoms with Crippen LogP contribution in [0.4, 0.5) is 11.4 Å². The molecule has 0 unspecified atom stereocenters. The number of aromatic nitrogens is 3. The van der Waals surface area contributed by atoms with Gasteiger partial charge < -0.3 is 9.88 Å². The summed E-state index contributed by atoms with van der Waals surface area (Å²) in [6.07, 6.45) is 1.49. The molecule has 0 aliphatic heterocycles. The average Bonchev–Trinajstić information content (AvgIpc) is 3.10. The minimum absolute atomic E-state index is 0.0821. The molecule has 0 radical (unpaired) electrons. The first-order valence-electron chi connectivity index (χ1n) is 7.61. The highest BCUT2D eigenvalue weighted by Gasteiger charge is 2.20. The van der Waals surface area contributed by atoms with E-state index in [0.29, 0.717) is 17.1 Å². The SMILES string of the molecule is Cc1ccc(C)n1-c1c(C(=O)Nc2cccc([N+](=O)[O-])c2)cnn1C. The lowest BCUT2D eigenvalue weighted by molar-refractivity contribution is -0.384. The predicted molar refractivity (Wildman–Crippen MR) is 93.1 cm³/mol. The number of nitro benzene ring substituents is 1. The predicted octanol–water partition coefficient (Wildman–Crippen LogP) is 2.99. The molecule has 2 aromatic heterocycles. The van der Waals surface area contributed by atoms with Crippen molar-refractivity contribution in [2.75, 3.05) is 5.32 Å². The van der Waals surface area contributed by atoms with Crippen molar-refractivity contribution in [2.24, 2.45) is 7.05 Å². The standard InChI is InChI=1S/C17H17N5O3/c1-11-7-8-12(2)21(11)17-15(10-18-20(17)3)16(23)19-13-5-4-6-14(9-13)22(24)25/h4-10H,1-3H3,(H,19,23). The lowest BCUT2D eigenvalue weighted by Crippen LogP contribution is -2.16. The molecule has 25 heavy (non-hydrogen) atoms. The van der Waals surface area contributed by atoms with Gasteiger partial charge in [0.1, 0.15) is 11.4 Å². The first-order chi connectivity index (χ1) is 11.9. The number of aryl methyl sites for hydroxylation is 3. The molecule has 0 atom stereocenters. The molecule has 0 fully saturated rings. The number of rotatable bonds is 4. The van der Waals surface area contributed by atoms with Crippen LogP contribution in [0, 0.1) is 24.0 Å². The summed E-state index contributed by atoms with van der Waals surface area (Å²) in [7, 11) is 1.76. The van der Waals surface area contributed by atoms with Gasteiger partial charge in [0, 0.05) is 36.3 Å². The van der Waals surface area contributed by atoms with Crippen LogP contribution in [-0.2, 0) is 7.05 Å². The Kier molecular flexibility index (Phi) is 4.10. The van der Waals surface area contributed by atoms with Gasteiger partial charge in [-0.15, -0.1) is 0 Å². The molecule has 0 spiro atoms. The molecule has 0 bridgehead atoms. The van der Waals surface area contributed by atoms with Crippen molar-refractivity contribution in [1.29, 1.82) is 0 Å². The molecule has 0 saturated carbocycles. The largest absolute Gasteiger partial charge is 0.322 e. The number of hydrogen-bond acceptors (Lipinski definition) is 4. The van der Waals surface area contributed by atoms with Crippen molar-refractivity contribution < 1.29 is 9.72 Å². The number of nitrogens with one attached hydrogen (secondary N) is 1. The fraction of sp³-hybridized carbons (Fsp3) is 0.176. The average molecular weight is 339 g/mol. The maximum absolute atomic E-state index is 12.7. The summed E-state index contributed by atoms with van der Waals surface area (Å²) < 4.78 is 3.57. The second kappa shape index (κ2) is 6.23. The Hall–Kier alpha value is -3.42. The van der Waals surface area contributed by atoms with Crippen molar-refractivity contribution in [2.45, 2.75) is 13.8 Å². The molecule has 8 nitrogen and oxygen atoms in total. The van der Waals surface area contributed by atoms with Gasteiger partial charge in [-0.25, -0.2) is 0 Å². The zero-order valence-corrected chi connectivity index (χ0v) is 14.1. The zero-order chi connectivity index (χ0) is 18.1. The first kappa shape index (κ1) is 16.4. The Morgan fingerprint density at radius 2 is 1.88 bits per heavy atom. The number of non-ortho nitro benzene ring substituents is 1. The summed E-state index contributed by atoms with van der Waals surface area (Å²) in [6.45, 7) is 3.89. The van der Waals surface area contributed by atoms with E-state index in [1.165, 1.54) is 24.4 Å². The van der Waals surface area contributed by atoms with Gasteiger partial charge in [-0.1, -0.05) is 6.07 Å². The van der Waals surface area contributed by atoms with E-state index < -0.39 is 4.92 Å². The highest BCUT2D eigenvalue weighted by Crippen LogP contribution is 2.22. The van der Waals surface area contributed by atoms with Gasteiger partial charge in [0.25, 0.3) is 11.6 Å². The minimum Gasteiger partial charge on any atom is -0.322 e. The monoisotopic (exact) mass is 339 g/mol. The third-order valence-electron chi connectivity index (χ3n) is 3.95.